The lowest BCUT2D eigenvalue weighted by molar-refractivity contribution is -0.140. The standard InChI is InChI=1S/C25H20BrNO5/c1-2-13-31-19-11-7-17(8-12-19)23(28)21-22(16-5-9-18(26)10-6-16)27(25(30)24(21)29)15-20-4-3-14-32-20/h2-12,14,22,28H,1,13,15H2/t22-/m1/s1. The quantitative estimate of drug-likeness (QED) is 0.211. The highest BCUT2D eigenvalue weighted by Gasteiger charge is 2.46. The molecule has 1 atom stereocenters. The number of hydrogen-bond acceptors (Lipinski definition) is 5. The molecule has 6 nitrogen and oxygen atoms in total. The van der Waals surface area contributed by atoms with Crippen LogP contribution >= 0.6 is 15.9 Å². The molecule has 1 aliphatic heterocycles. The fraction of sp³-hybridized carbons (Fsp3) is 0.120. The largest absolute Gasteiger partial charge is 0.507 e. The van der Waals surface area contributed by atoms with E-state index >= 15 is 0 Å². The second-order valence-electron chi connectivity index (χ2n) is 7.18. The number of rotatable bonds is 7. The Morgan fingerprint density at radius 1 is 1.12 bits per heavy atom. The van der Waals surface area contributed by atoms with Crippen LogP contribution in [0.2, 0.25) is 0 Å². The van der Waals surface area contributed by atoms with Crippen molar-refractivity contribution >= 4 is 33.4 Å². The van der Waals surface area contributed by atoms with Gasteiger partial charge in [-0.05, 0) is 54.1 Å². The lowest BCUT2D eigenvalue weighted by Crippen LogP contribution is -2.29. The molecule has 2 aromatic carbocycles. The summed E-state index contributed by atoms with van der Waals surface area (Å²) < 4.78 is 11.7. The third-order valence-corrected chi connectivity index (χ3v) is 5.66. The number of halogens is 1. The van der Waals surface area contributed by atoms with Crippen LogP contribution in [0.3, 0.4) is 0 Å². The van der Waals surface area contributed by atoms with Gasteiger partial charge in [0, 0.05) is 10.0 Å². The second kappa shape index (κ2) is 9.28. The molecule has 0 spiro atoms. The van der Waals surface area contributed by atoms with Gasteiger partial charge in [0.2, 0.25) is 0 Å². The molecule has 0 unspecified atom stereocenters. The molecule has 7 heteroatoms. The van der Waals surface area contributed by atoms with E-state index in [9.17, 15) is 14.7 Å². The van der Waals surface area contributed by atoms with Gasteiger partial charge in [-0.15, -0.1) is 0 Å². The molecule has 1 N–H and O–H groups in total. The van der Waals surface area contributed by atoms with E-state index in [1.165, 1.54) is 11.2 Å². The Morgan fingerprint density at radius 3 is 2.47 bits per heavy atom. The number of carbonyl (C=O) groups excluding carboxylic acids is 2. The second-order valence-corrected chi connectivity index (χ2v) is 8.10. The molecule has 1 saturated heterocycles. The maximum absolute atomic E-state index is 13.0. The minimum Gasteiger partial charge on any atom is -0.507 e. The van der Waals surface area contributed by atoms with Crippen molar-refractivity contribution in [2.75, 3.05) is 6.61 Å². The molecule has 4 rings (SSSR count). The number of furan rings is 1. The third-order valence-electron chi connectivity index (χ3n) is 5.13. The number of carbonyl (C=O) groups is 2. The van der Waals surface area contributed by atoms with Crippen LogP contribution in [0.1, 0.15) is 22.9 Å². The monoisotopic (exact) mass is 493 g/mol. The van der Waals surface area contributed by atoms with Crippen molar-refractivity contribution in [3.05, 3.63) is 107 Å². The maximum atomic E-state index is 13.0. The van der Waals surface area contributed by atoms with Crippen molar-refractivity contribution in [3.8, 4) is 5.75 Å². The van der Waals surface area contributed by atoms with Crippen LogP contribution in [-0.4, -0.2) is 28.3 Å². The van der Waals surface area contributed by atoms with E-state index in [1.54, 1.807) is 42.5 Å². The molecule has 0 saturated carbocycles. The van der Waals surface area contributed by atoms with E-state index < -0.39 is 17.7 Å². The van der Waals surface area contributed by atoms with E-state index in [1.807, 2.05) is 24.3 Å². The number of ketones is 1. The zero-order valence-corrected chi connectivity index (χ0v) is 18.6. The summed E-state index contributed by atoms with van der Waals surface area (Å²) >= 11 is 3.40. The Bertz CT molecular complexity index is 1160. The van der Waals surface area contributed by atoms with Gasteiger partial charge in [0.05, 0.1) is 24.4 Å². The minimum absolute atomic E-state index is 0.0311. The van der Waals surface area contributed by atoms with Gasteiger partial charge < -0.3 is 19.2 Å². The van der Waals surface area contributed by atoms with Crippen molar-refractivity contribution in [1.29, 1.82) is 0 Å². The third kappa shape index (κ3) is 4.24. The van der Waals surface area contributed by atoms with Crippen LogP contribution in [0.15, 0.2) is 94.0 Å². The van der Waals surface area contributed by atoms with E-state index in [0.717, 1.165) is 4.47 Å². The SMILES string of the molecule is C=CCOc1ccc(C(O)=C2C(=O)C(=O)N(Cc3ccco3)[C@@H]2c2ccc(Br)cc2)cc1. The maximum Gasteiger partial charge on any atom is 0.296 e. The molecule has 1 aromatic heterocycles. The van der Waals surface area contributed by atoms with Crippen LogP contribution in [0.4, 0.5) is 0 Å². The van der Waals surface area contributed by atoms with Crippen LogP contribution in [0.5, 0.6) is 5.75 Å². The smallest absolute Gasteiger partial charge is 0.296 e. The number of aliphatic hydroxyl groups excluding tert-OH is 1. The van der Waals surface area contributed by atoms with Crippen LogP contribution in [-0.2, 0) is 16.1 Å². The normalized spacial score (nSPS) is 17.5. The van der Waals surface area contributed by atoms with Crippen molar-refractivity contribution < 1.29 is 23.8 Å². The molecule has 1 aliphatic rings. The fourth-order valence-electron chi connectivity index (χ4n) is 3.62. The summed E-state index contributed by atoms with van der Waals surface area (Å²) in [6.07, 6.45) is 3.14. The summed E-state index contributed by atoms with van der Waals surface area (Å²) in [5.41, 5.74) is 1.14. The van der Waals surface area contributed by atoms with E-state index in [4.69, 9.17) is 9.15 Å². The summed E-state index contributed by atoms with van der Waals surface area (Å²) in [6.45, 7) is 4.06. The van der Waals surface area contributed by atoms with Gasteiger partial charge in [0.15, 0.2) is 0 Å². The zero-order chi connectivity index (χ0) is 22.7. The van der Waals surface area contributed by atoms with E-state index in [-0.39, 0.29) is 17.9 Å². The van der Waals surface area contributed by atoms with Gasteiger partial charge in [-0.3, -0.25) is 9.59 Å². The van der Waals surface area contributed by atoms with Crippen molar-refractivity contribution in [1.82, 2.24) is 4.90 Å². The molecule has 162 valence electrons. The number of benzene rings is 2. The first-order chi connectivity index (χ1) is 15.5. The highest BCUT2D eigenvalue weighted by molar-refractivity contribution is 9.10. The minimum atomic E-state index is -0.759. The Labute approximate surface area is 193 Å². The molecule has 3 aromatic rings. The van der Waals surface area contributed by atoms with E-state index in [2.05, 4.69) is 22.5 Å². The molecule has 0 bridgehead atoms. The van der Waals surface area contributed by atoms with Gasteiger partial charge in [0.25, 0.3) is 11.7 Å². The summed E-state index contributed by atoms with van der Waals surface area (Å²) in [6, 6.07) is 16.6. The fourth-order valence-corrected chi connectivity index (χ4v) is 3.89. The molecule has 2 heterocycles. The topological polar surface area (TPSA) is 80.0 Å². The number of amides is 1. The molecule has 32 heavy (non-hydrogen) atoms. The average Bonchev–Trinajstić information content (AvgIpc) is 3.41. The van der Waals surface area contributed by atoms with E-state index in [0.29, 0.717) is 29.2 Å². The van der Waals surface area contributed by atoms with Gasteiger partial charge in [-0.2, -0.15) is 0 Å². The highest BCUT2D eigenvalue weighted by atomic mass is 79.9. The molecule has 0 aliphatic carbocycles. The summed E-state index contributed by atoms with van der Waals surface area (Å²) in [7, 11) is 0. The first kappa shape index (κ1) is 21.6. The Kier molecular flexibility index (Phi) is 6.28. The molecular weight excluding hydrogens is 474 g/mol. The molecule has 1 fully saturated rings. The molecule has 1 amide bonds. The average molecular weight is 494 g/mol. The number of Topliss-reactive ketones (excluding diaryl/α,β-unsaturated/α-hetero) is 1. The number of hydrogen-bond donors (Lipinski definition) is 1. The summed E-state index contributed by atoms with van der Waals surface area (Å²) in [4.78, 5) is 27.4. The Balaban J connectivity index is 1.78. The lowest BCUT2D eigenvalue weighted by Gasteiger charge is -2.24. The van der Waals surface area contributed by atoms with Gasteiger partial charge in [0.1, 0.15) is 23.9 Å². The van der Waals surface area contributed by atoms with Crippen molar-refractivity contribution in [2.24, 2.45) is 0 Å². The van der Waals surface area contributed by atoms with Gasteiger partial charge >= 0.3 is 0 Å². The Hall–Kier alpha value is -3.58. The first-order valence-electron chi connectivity index (χ1n) is 9.90. The summed E-state index contributed by atoms with van der Waals surface area (Å²) in [5.74, 6) is -0.536. The highest BCUT2D eigenvalue weighted by Crippen LogP contribution is 2.40. The molecule has 0 radical (unpaired) electrons. The van der Waals surface area contributed by atoms with Crippen molar-refractivity contribution in [2.45, 2.75) is 12.6 Å². The van der Waals surface area contributed by atoms with Gasteiger partial charge in [-0.1, -0.05) is 40.7 Å². The number of likely N-dealkylation sites (tertiary alicyclic amines) is 1. The first-order valence-corrected chi connectivity index (χ1v) is 10.7. The van der Waals surface area contributed by atoms with Crippen LogP contribution < -0.4 is 4.74 Å². The number of aliphatic hydroxyl groups is 1. The number of nitrogens with zero attached hydrogens (tertiary/aromatic N) is 1. The predicted octanol–water partition coefficient (Wildman–Crippen LogP) is 5.23. The molecular formula is C25H20BrNO5. The van der Waals surface area contributed by atoms with Gasteiger partial charge in [-0.25, -0.2) is 0 Å². The van der Waals surface area contributed by atoms with Crippen LogP contribution in [0, 0.1) is 0 Å². The van der Waals surface area contributed by atoms with Crippen LogP contribution in [0.25, 0.3) is 5.76 Å². The number of ether oxygens (including phenoxy) is 1. The predicted molar refractivity (Wildman–Crippen MR) is 123 cm³/mol. The summed E-state index contributed by atoms with van der Waals surface area (Å²) in [5, 5.41) is 11.1. The lowest BCUT2D eigenvalue weighted by atomic mass is 9.95. The van der Waals surface area contributed by atoms with Crippen molar-refractivity contribution in [3.63, 3.8) is 0 Å². The Morgan fingerprint density at radius 2 is 1.84 bits per heavy atom. The zero-order valence-electron chi connectivity index (χ0n) is 17.0.